The number of nitrogens with one attached hydrogen (secondary N) is 1. The number of anilines is 1. The lowest BCUT2D eigenvalue weighted by Crippen LogP contribution is -2.38. The zero-order chi connectivity index (χ0) is 23.3. The maximum atomic E-state index is 13.4. The third-order valence-electron chi connectivity index (χ3n) is 5.38. The molecule has 11 heteroatoms. The number of sulfonamides is 1. The molecule has 0 unspecified atom stereocenters. The summed E-state index contributed by atoms with van der Waals surface area (Å²) in [6.07, 6.45) is 4.58. The molecule has 0 bridgehead atoms. The molecule has 32 heavy (non-hydrogen) atoms. The Kier molecular flexibility index (Phi) is 7.41. The molecule has 0 aromatic heterocycles. The number of hydrogen-bond donors (Lipinski definition) is 1. The van der Waals surface area contributed by atoms with Gasteiger partial charge in [0.2, 0.25) is 15.8 Å². The summed E-state index contributed by atoms with van der Waals surface area (Å²) in [4.78, 5) is 22.6. The smallest absolute Gasteiger partial charge is 0.311 e. The van der Waals surface area contributed by atoms with Crippen molar-refractivity contribution in [1.29, 1.82) is 0 Å². The molecule has 0 heterocycles. The van der Waals surface area contributed by atoms with E-state index >= 15 is 0 Å². The Bertz CT molecular complexity index is 1100. The van der Waals surface area contributed by atoms with Gasteiger partial charge >= 0.3 is 5.69 Å². The van der Waals surface area contributed by atoms with Crippen LogP contribution in [0.5, 0.6) is 5.75 Å². The Labute approximate surface area is 185 Å². The van der Waals surface area contributed by atoms with Crippen molar-refractivity contribution in [3.8, 4) is 5.75 Å². The van der Waals surface area contributed by atoms with E-state index in [1.807, 2.05) is 0 Å². The number of carbonyl (C=O) groups is 1. The summed E-state index contributed by atoms with van der Waals surface area (Å²) in [5.74, 6) is -1.90. The summed E-state index contributed by atoms with van der Waals surface area (Å²) in [5.41, 5.74) is -0.422. The number of halogens is 1. The van der Waals surface area contributed by atoms with E-state index in [-0.39, 0.29) is 16.6 Å². The molecule has 0 atom stereocenters. The second-order valence-corrected chi connectivity index (χ2v) is 9.48. The van der Waals surface area contributed by atoms with Crippen LogP contribution in [-0.4, -0.2) is 43.2 Å². The van der Waals surface area contributed by atoms with Gasteiger partial charge in [0, 0.05) is 25.2 Å². The molecular weight excluding hydrogens is 441 g/mol. The summed E-state index contributed by atoms with van der Waals surface area (Å²) in [5, 5.41) is 13.5. The second-order valence-electron chi connectivity index (χ2n) is 7.52. The number of nitrogens with zero attached hydrogens (tertiary/aromatic N) is 2. The number of hydrogen-bond acceptors (Lipinski definition) is 6. The van der Waals surface area contributed by atoms with Crippen LogP contribution in [0.3, 0.4) is 0 Å². The molecule has 1 aliphatic rings. The average Bonchev–Trinajstić information content (AvgIpc) is 2.78. The second kappa shape index (κ2) is 10.0. The monoisotopic (exact) mass is 465 g/mol. The highest BCUT2D eigenvalue weighted by atomic mass is 32.2. The van der Waals surface area contributed by atoms with E-state index in [1.54, 1.807) is 12.1 Å². The predicted octanol–water partition coefficient (Wildman–Crippen LogP) is 3.70. The van der Waals surface area contributed by atoms with Gasteiger partial charge in [-0.15, -0.1) is 0 Å². The topological polar surface area (TPSA) is 119 Å². The quantitative estimate of drug-likeness (QED) is 0.469. The number of benzene rings is 2. The molecule has 0 saturated heterocycles. The molecule has 0 spiro atoms. The maximum Gasteiger partial charge on any atom is 0.311 e. The number of carbonyl (C=O) groups excluding carboxylic acids is 1. The van der Waals surface area contributed by atoms with Gasteiger partial charge in [0.1, 0.15) is 10.7 Å². The molecule has 1 N–H and O–H groups in total. The van der Waals surface area contributed by atoms with Crippen LogP contribution in [0, 0.1) is 15.9 Å². The van der Waals surface area contributed by atoms with Crippen molar-refractivity contribution in [2.75, 3.05) is 19.0 Å². The Balaban J connectivity index is 1.74. The minimum absolute atomic E-state index is 0.0573. The number of amides is 1. The van der Waals surface area contributed by atoms with Gasteiger partial charge in [-0.25, -0.2) is 12.8 Å². The third-order valence-corrected chi connectivity index (χ3v) is 7.35. The summed E-state index contributed by atoms with van der Waals surface area (Å²) in [6.45, 7) is -0.670. The highest BCUT2D eigenvalue weighted by Gasteiger charge is 2.31. The first-order valence-electron chi connectivity index (χ1n) is 10.1. The first-order chi connectivity index (χ1) is 15.2. The molecule has 1 saturated carbocycles. The van der Waals surface area contributed by atoms with Gasteiger partial charge in [-0.1, -0.05) is 31.4 Å². The zero-order valence-corrected chi connectivity index (χ0v) is 18.3. The highest BCUT2D eigenvalue weighted by molar-refractivity contribution is 7.89. The van der Waals surface area contributed by atoms with Gasteiger partial charge in [0.25, 0.3) is 5.91 Å². The average molecular weight is 466 g/mol. The lowest BCUT2D eigenvalue weighted by Gasteiger charge is -2.30. The van der Waals surface area contributed by atoms with Crippen LogP contribution >= 0.6 is 0 Å². The fourth-order valence-electron chi connectivity index (χ4n) is 3.67. The number of nitro benzene ring substituents is 1. The normalized spacial score (nSPS) is 14.8. The van der Waals surface area contributed by atoms with Crippen molar-refractivity contribution >= 4 is 27.3 Å². The Hall–Kier alpha value is -3.05. The predicted molar refractivity (Wildman–Crippen MR) is 115 cm³/mol. The van der Waals surface area contributed by atoms with Crippen LogP contribution < -0.4 is 10.1 Å². The van der Waals surface area contributed by atoms with Crippen molar-refractivity contribution in [2.45, 2.75) is 43.0 Å². The molecule has 0 aliphatic heterocycles. The highest BCUT2D eigenvalue weighted by Crippen LogP contribution is 2.30. The van der Waals surface area contributed by atoms with Crippen LogP contribution in [-0.2, 0) is 14.8 Å². The molecule has 0 radical (unpaired) electrons. The molecule has 9 nitrogen and oxygen atoms in total. The van der Waals surface area contributed by atoms with Crippen LogP contribution in [0.25, 0.3) is 0 Å². The number of ether oxygens (including phenoxy) is 1. The van der Waals surface area contributed by atoms with E-state index in [2.05, 4.69) is 5.32 Å². The van der Waals surface area contributed by atoms with E-state index in [1.165, 1.54) is 23.5 Å². The van der Waals surface area contributed by atoms with Crippen molar-refractivity contribution in [3.63, 3.8) is 0 Å². The standard InChI is InChI=1S/C21H24FN3O6S/c1-24(16-7-3-2-4-8-16)32(29,30)20-10-6-5-9-17(20)23-21(26)14-31-19-13-15(22)11-12-18(19)25(27)28/h5-6,9-13,16H,2-4,7-8,14H2,1H3,(H,23,26). The number of para-hydroxylation sites is 1. The number of rotatable bonds is 8. The molecular formula is C21H24FN3O6S. The molecule has 172 valence electrons. The molecule has 2 aromatic rings. The molecule has 2 aromatic carbocycles. The molecule has 3 rings (SSSR count). The van der Waals surface area contributed by atoms with Crippen molar-refractivity contribution in [3.05, 3.63) is 58.4 Å². The first kappa shape index (κ1) is 23.6. The van der Waals surface area contributed by atoms with Crippen LogP contribution in [0.1, 0.15) is 32.1 Å². The lowest BCUT2D eigenvalue weighted by atomic mass is 9.96. The van der Waals surface area contributed by atoms with Crippen molar-refractivity contribution < 1.29 is 27.3 Å². The van der Waals surface area contributed by atoms with Gasteiger partial charge in [0.15, 0.2) is 6.61 Å². The lowest BCUT2D eigenvalue weighted by molar-refractivity contribution is -0.385. The van der Waals surface area contributed by atoms with Crippen molar-refractivity contribution in [2.24, 2.45) is 0 Å². The van der Waals surface area contributed by atoms with Gasteiger partial charge in [-0.2, -0.15) is 4.31 Å². The molecule has 1 amide bonds. The summed E-state index contributed by atoms with van der Waals surface area (Å²) < 4.78 is 46.3. The van der Waals surface area contributed by atoms with Gasteiger partial charge in [-0.3, -0.25) is 14.9 Å². The Morgan fingerprint density at radius 1 is 1.22 bits per heavy atom. The van der Waals surface area contributed by atoms with E-state index in [0.29, 0.717) is 0 Å². The minimum atomic E-state index is -3.87. The van der Waals surface area contributed by atoms with Gasteiger partial charge in [0.05, 0.1) is 10.6 Å². The minimum Gasteiger partial charge on any atom is -0.477 e. The van der Waals surface area contributed by atoms with Gasteiger partial charge < -0.3 is 10.1 Å². The molecule has 1 aliphatic carbocycles. The largest absolute Gasteiger partial charge is 0.477 e. The summed E-state index contributed by atoms with van der Waals surface area (Å²) >= 11 is 0. The van der Waals surface area contributed by atoms with Gasteiger partial charge in [-0.05, 0) is 31.0 Å². The van der Waals surface area contributed by atoms with Crippen LogP contribution in [0.4, 0.5) is 15.8 Å². The van der Waals surface area contributed by atoms with E-state index < -0.39 is 44.7 Å². The fourth-order valence-corrected chi connectivity index (χ4v) is 5.24. The van der Waals surface area contributed by atoms with Crippen molar-refractivity contribution in [1.82, 2.24) is 4.31 Å². The van der Waals surface area contributed by atoms with E-state index in [4.69, 9.17) is 4.74 Å². The zero-order valence-electron chi connectivity index (χ0n) is 17.5. The first-order valence-corrected chi connectivity index (χ1v) is 11.6. The Morgan fingerprint density at radius 2 is 1.91 bits per heavy atom. The Morgan fingerprint density at radius 3 is 2.59 bits per heavy atom. The third kappa shape index (κ3) is 5.40. The van der Waals surface area contributed by atoms with E-state index in [0.717, 1.165) is 50.3 Å². The summed E-state index contributed by atoms with van der Waals surface area (Å²) in [6, 6.07) is 8.54. The number of nitro groups is 1. The molecule has 1 fully saturated rings. The van der Waals surface area contributed by atoms with E-state index in [9.17, 15) is 27.7 Å². The van der Waals surface area contributed by atoms with Crippen LogP contribution in [0.15, 0.2) is 47.4 Å². The SMILES string of the molecule is CN(C1CCCCC1)S(=O)(=O)c1ccccc1NC(=O)COc1cc(F)ccc1[N+](=O)[O-]. The summed E-state index contributed by atoms with van der Waals surface area (Å²) in [7, 11) is -2.33. The van der Waals surface area contributed by atoms with Crippen LogP contribution in [0.2, 0.25) is 0 Å². The maximum absolute atomic E-state index is 13.4. The fraction of sp³-hybridized carbons (Fsp3) is 0.381.